The predicted octanol–water partition coefficient (Wildman–Crippen LogP) is 3.34. The molecular formula is C22H25N7O. The molecule has 0 aromatic carbocycles. The van der Waals surface area contributed by atoms with Crippen LogP contribution in [0.1, 0.15) is 41.5 Å². The molecule has 4 rings (SSSR count). The molecule has 1 saturated heterocycles. The fourth-order valence-corrected chi connectivity index (χ4v) is 3.84. The SMILES string of the molecule is Cc1nn(C)c(C)c1/C=C/C(=O)N1CCC[C@H]1c1nccnc1Nc1ccccn1. The summed E-state index contributed by atoms with van der Waals surface area (Å²) in [7, 11) is 1.90. The summed E-state index contributed by atoms with van der Waals surface area (Å²) in [5, 5.41) is 7.64. The Morgan fingerprint density at radius 2 is 2.00 bits per heavy atom. The van der Waals surface area contributed by atoms with Gasteiger partial charge in [-0.1, -0.05) is 6.07 Å². The van der Waals surface area contributed by atoms with Crippen molar-refractivity contribution in [3.05, 3.63) is 65.5 Å². The molecule has 1 amide bonds. The molecule has 0 bridgehead atoms. The third kappa shape index (κ3) is 3.94. The standard InChI is InChI=1S/C22H25N7O/c1-15-17(16(2)28(3)27-15)9-10-20(30)29-14-6-7-18(29)21-22(25-13-12-24-21)26-19-8-4-5-11-23-19/h4-5,8-13,18H,6-7,14H2,1-3H3,(H,23,25,26)/b10-9+/t18-/m0/s1. The van der Waals surface area contributed by atoms with Gasteiger partial charge in [0.1, 0.15) is 11.5 Å². The zero-order chi connectivity index (χ0) is 21.1. The summed E-state index contributed by atoms with van der Waals surface area (Å²) in [6.45, 7) is 4.64. The summed E-state index contributed by atoms with van der Waals surface area (Å²) in [6, 6.07) is 5.51. The van der Waals surface area contributed by atoms with Gasteiger partial charge in [-0.05, 0) is 44.9 Å². The zero-order valence-electron chi connectivity index (χ0n) is 17.4. The number of amides is 1. The lowest BCUT2D eigenvalue weighted by atomic mass is 10.1. The third-order valence-corrected chi connectivity index (χ3v) is 5.45. The van der Waals surface area contributed by atoms with Crippen LogP contribution in [0.2, 0.25) is 0 Å². The molecule has 3 aromatic heterocycles. The summed E-state index contributed by atoms with van der Waals surface area (Å²) in [5.74, 6) is 1.29. The smallest absolute Gasteiger partial charge is 0.247 e. The molecule has 1 fully saturated rings. The van der Waals surface area contributed by atoms with Crippen LogP contribution in [0.5, 0.6) is 0 Å². The van der Waals surface area contributed by atoms with Crippen LogP contribution >= 0.6 is 0 Å². The van der Waals surface area contributed by atoms with Gasteiger partial charge in [0.2, 0.25) is 5.91 Å². The van der Waals surface area contributed by atoms with E-state index in [1.54, 1.807) is 24.7 Å². The number of aryl methyl sites for hydroxylation is 2. The monoisotopic (exact) mass is 403 g/mol. The van der Waals surface area contributed by atoms with Crippen molar-refractivity contribution in [2.24, 2.45) is 7.05 Å². The molecular weight excluding hydrogens is 378 g/mol. The van der Waals surface area contributed by atoms with Crippen molar-refractivity contribution in [3.63, 3.8) is 0 Å². The fraction of sp³-hybridized carbons (Fsp3) is 0.318. The Labute approximate surface area is 175 Å². The molecule has 8 heteroatoms. The quantitative estimate of drug-likeness (QED) is 0.657. The topological polar surface area (TPSA) is 88.8 Å². The number of nitrogens with one attached hydrogen (secondary N) is 1. The molecule has 3 aromatic rings. The second kappa shape index (κ2) is 8.44. The van der Waals surface area contributed by atoms with Crippen LogP contribution in [-0.2, 0) is 11.8 Å². The lowest BCUT2D eigenvalue weighted by Crippen LogP contribution is -2.30. The van der Waals surface area contributed by atoms with E-state index >= 15 is 0 Å². The average Bonchev–Trinajstić information content (AvgIpc) is 3.33. The van der Waals surface area contributed by atoms with Crippen molar-refractivity contribution in [2.45, 2.75) is 32.7 Å². The highest BCUT2D eigenvalue weighted by atomic mass is 16.2. The van der Waals surface area contributed by atoms with Gasteiger partial charge in [0.05, 0.1) is 11.7 Å². The molecule has 1 N–H and O–H groups in total. The van der Waals surface area contributed by atoms with E-state index in [2.05, 4.69) is 25.4 Å². The van der Waals surface area contributed by atoms with Crippen LogP contribution in [-0.4, -0.2) is 42.1 Å². The summed E-state index contributed by atoms with van der Waals surface area (Å²) >= 11 is 0. The van der Waals surface area contributed by atoms with Gasteiger partial charge in [-0.2, -0.15) is 5.10 Å². The summed E-state index contributed by atoms with van der Waals surface area (Å²) in [6.07, 6.45) is 10.3. The largest absolute Gasteiger partial charge is 0.330 e. The Hall–Kier alpha value is -3.55. The van der Waals surface area contributed by atoms with Gasteiger partial charge in [0, 0.05) is 49.5 Å². The zero-order valence-corrected chi connectivity index (χ0v) is 17.4. The summed E-state index contributed by atoms with van der Waals surface area (Å²) in [4.78, 5) is 28.2. The normalized spacial score (nSPS) is 16.4. The van der Waals surface area contributed by atoms with E-state index in [9.17, 15) is 4.79 Å². The maximum absolute atomic E-state index is 13.0. The molecule has 0 radical (unpaired) electrons. The van der Waals surface area contributed by atoms with Crippen molar-refractivity contribution in [1.29, 1.82) is 0 Å². The van der Waals surface area contributed by atoms with E-state index in [4.69, 9.17) is 0 Å². The van der Waals surface area contributed by atoms with Crippen LogP contribution < -0.4 is 5.32 Å². The number of likely N-dealkylation sites (tertiary alicyclic amines) is 1. The molecule has 8 nitrogen and oxygen atoms in total. The Bertz CT molecular complexity index is 1070. The highest BCUT2D eigenvalue weighted by molar-refractivity contribution is 5.92. The van der Waals surface area contributed by atoms with Crippen molar-refractivity contribution in [2.75, 3.05) is 11.9 Å². The van der Waals surface area contributed by atoms with Crippen LogP contribution in [0, 0.1) is 13.8 Å². The first-order valence-electron chi connectivity index (χ1n) is 10.0. The molecule has 0 saturated carbocycles. The van der Waals surface area contributed by atoms with Crippen LogP contribution in [0.25, 0.3) is 6.08 Å². The van der Waals surface area contributed by atoms with Crippen molar-refractivity contribution < 1.29 is 4.79 Å². The van der Waals surface area contributed by atoms with E-state index in [0.29, 0.717) is 18.2 Å². The molecule has 1 atom stereocenters. The van der Waals surface area contributed by atoms with Crippen LogP contribution in [0.15, 0.2) is 42.9 Å². The number of nitrogens with zero attached hydrogens (tertiary/aromatic N) is 6. The summed E-state index contributed by atoms with van der Waals surface area (Å²) in [5.41, 5.74) is 3.69. The van der Waals surface area contributed by atoms with E-state index in [1.165, 1.54) is 0 Å². The van der Waals surface area contributed by atoms with Crippen LogP contribution in [0.4, 0.5) is 11.6 Å². The molecule has 154 valence electrons. The number of pyridine rings is 1. The predicted molar refractivity (Wildman–Crippen MR) is 115 cm³/mol. The van der Waals surface area contributed by atoms with Crippen LogP contribution in [0.3, 0.4) is 0 Å². The van der Waals surface area contributed by atoms with Gasteiger partial charge in [-0.15, -0.1) is 0 Å². The summed E-state index contributed by atoms with van der Waals surface area (Å²) < 4.78 is 1.83. The minimum Gasteiger partial charge on any atom is -0.330 e. The van der Waals surface area contributed by atoms with E-state index in [-0.39, 0.29) is 11.9 Å². The fourth-order valence-electron chi connectivity index (χ4n) is 3.84. The lowest BCUT2D eigenvalue weighted by molar-refractivity contribution is -0.126. The number of hydrogen-bond donors (Lipinski definition) is 1. The van der Waals surface area contributed by atoms with Gasteiger partial charge in [0.15, 0.2) is 5.82 Å². The number of aromatic nitrogens is 5. The highest BCUT2D eigenvalue weighted by Crippen LogP contribution is 2.34. The number of anilines is 2. The van der Waals surface area contributed by atoms with E-state index in [1.807, 2.05) is 54.8 Å². The molecule has 1 aliphatic rings. The first kappa shape index (κ1) is 19.8. The number of hydrogen-bond acceptors (Lipinski definition) is 6. The van der Waals surface area contributed by atoms with Gasteiger partial charge < -0.3 is 10.2 Å². The molecule has 30 heavy (non-hydrogen) atoms. The van der Waals surface area contributed by atoms with Crippen molar-refractivity contribution in [3.8, 4) is 0 Å². The van der Waals surface area contributed by atoms with Gasteiger partial charge in [-0.25, -0.2) is 9.97 Å². The van der Waals surface area contributed by atoms with E-state index in [0.717, 1.165) is 35.5 Å². The Morgan fingerprint density at radius 3 is 2.73 bits per heavy atom. The lowest BCUT2D eigenvalue weighted by Gasteiger charge is -2.24. The maximum atomic E-state index is 13.0. The average molecular weight is 403 g/mol. The second-order valence-electron chi connectivity index (χ2n) is 7.36. The first-order chi connectivity index (χ1) is 14.5. The van der Waals surface area contributed by atoms with Gasteiger partial charge in [-0.3, -0.25) is 14.5 Å². The minimum atomic E-state index is -0.127. The first-order valence-corrected chi connectivity index (χ1v) is 10.0. The maximum Gasteiger partial charge on any atom is 0.247 e. The molecule has 0 spiro atoms. The number of carbonyl (C=O) groups excluding carboxylic acids is 1. The van der Waals surface area contributed by atoms with Gasteiger partial charge >= 0.3 is 0 Å². The number of carbonyl (C=O) groups is 1. The Kier molecular flexibility index (Phi) is 5.56. The third-order valence-electron chi connectivity index (χ3n) is 5.45. The van der Waals surface area contributed by atoms with Crippen molar-refractivity contribution >= 4 is 23.6 Å². The van der Waals surface area contributed by atoms with Crippen molar-refractivity contribution in [1.82, 2.24) is 29.6 Å². The second-order valence-corrected chi connectivity index (χ2v) is 7.36. The number of rotatable bonds is 5. The molecule has 4 heterocycles. The highest BCUT2D eigenvalue weighted by Gasteiger charge is 2.32. The Balaban J connectivity index is 1.57. The Morgan fingerprint density at radius 1 is 1.17 bits per heavy atom. The molecule has 1 aliphatic heterocycles. The van der Waals surface area contributed by atoms with E-state index < -0.39 is 0 Å². The minimum absolute atomic E-state index is 0.0328. The molecule has 0 unspecified atom stereocenters. The molecule has 0 aliphatic carbocycles. The van der Waals surface area contributed by atoms with Gasteiger partial charge in [0.25, 0.3) is 0 Å².